The molecule has 2 heterocycles. The number of fused-ring (bicyclic) bond motifs is 1. The van der Waals surface area contributed by atoms with Crippen molar-refractivity contribution >= 4 is 11.5 Å². The molecule has 2 atom stereocenters. The van der Waals surface area contributed by atoms with Gasteiger partial charge in [-0.25, -0.2) is 4.98 Å². The summed E-state index contributed by atoms with van der Waals surface area (Å²) in [4.78, 5) is 4.34. The number of aliphatic hydroxyl groups excluding tert-OH is 1. The number of aryl methyl sites for hydroxylation is 1. The summed E-state index contributed by atoms with van der Waals surface area (Å²) < 4.78 is 1.91. The third-order valence-electron chi connectivity index (χ3n) is 3.71. The molecule has 1 fully saturated rings. The molecule has 0 amide bonds. The molecule has 0 saturated heterocycles. The number of nitrogens with zero attached hydrogens (tertiary/aromatic N) is 4. The Morgan fingerprint density at radius 2 is 2.33 bits per heavy atom. The van der Waals surface area contributed by atoms with Gasteiger partial charge >= 0.3 is 0 Å². The molecular weight excluding hydrogens is 230 g/mol. The van der Waals surface area contributed by atoms with Crippen LogP contribution in [0, 0.1) is 12.8 Å². The second-order valence-electron chi connectivity index (χ2n) is 4.84. The predicted molar refractivity (Wildman–Crippen MR) is 67.4 cm³/mol. The molecule has 3 rings (SSSR count). The number of hydrogen-bond acceptors (Lipinski definition) is 5. The number of aliphatic hydroxyl groups is 1. The molecular formula is C12H17N5O. The number of hydrogen-bond donors (Lipinski definition) is 2. The van der Waals surface area contributed by atoms with E-state index in [-0.39, 0.29) is 12.6 Å². The second kappa shape index (κ2) is 4.53. The van der Waals surface area contributed by atoms with E-state index in [1.165, 1.54) is 0 Å². The standard InChI is InChI=1S/C12H17N5O/c1-8-15-16-12-11(13-5-6-17(8)12)14-10-4-2-3-9(10)7-18/h5-6,9-10,18H,2-4,7H2,1H3,(H,13,14). The fourth-order valence-electron chi connectivity index (χ4n) is 2.66. The van der Waals surface area contributed by atoms with Crippen LogP contribution in [0.2, 0.25) is 0 Å². The Balaban J connectivity index is 1.90. The molecule has 0 aliphatic heterocycles. The van der Waals surface area contributed by atoms with Gasteiger partial charge in [-0.3, -0.25) is 4.40 Å². The van der Waals surface area contributed by atoms with E-state index in [0.717, 1.165) is 36.6 Å². The van der Waals surface area contributed by atoms with Crippen LogP contribution in [-0.4, -0.2) is 37.3 Å². The molecule has 18 heavy (non-hydrogen) atoms. The smallest absolute Gasteiger partial charge is 0.203 e. The summed E-state index contributed by atoms with van der Waals surface area (Å²) in [5.74, 6) is 1.92. The summed E-state index contributed by atoms with van der Waals surface area (Å²) in [6.45, 7) is 2.14. The molecule has 6 nitrogen and oxygen atoms in total. The van der Waals surface area contributed by atoms with Gasteiger partial charge in [0.05, 0.1) is 0 Å². The first-order valence-corrected chi connectivity index (χ1v) is 6.33. The molecule has 1 aliphatic carbocycles. The maximum absolute atomic E-state index is 9.34. The van der Waals surface area contributed by atoms with Crippen LogP contribution in [0.25, 0.3) is 5.65 Å². The Morgan fingerprint density at radius 3 is 3.17 bits per heavy atom. The van der Waals surface area contributed by atoms with Crippen LogP contribution < -0.4 is 5.32 Å². The molecule has 0 aromatic carbocycles. The lowest BCUT2D eigenvalue weighted by Crippen LogP contribution is -2.27. The van der Waals surface area contributed by atoms with E-state index in [9.17, 15) is 5.11 Å². The molecule has 2 aromatic rings. The zero-order valence-corrected chi connectivity index (χ0v) is 10.4. The number of nitrogens with one attached hydrogen (secondary N) is 1. The summed E-state index contributed by atoms with van der Waals surface area (Å²) >= 11 is 0. The van der Waals surface area contributed by atoms with Crippen molar-refractivity contribution in [2.45, 2.75) is 32.2 Å². The van der Waals surface area contributed by atoms with Gasteiger partial charge in [0.1, 0.15) is 5.82 Å². The maximum Gasteiger partial charge on any atom is 0.203 e. The third kappa shape index (κ3) is 1.82. The SMILES string of the molecule is Cc1nnc2c(NC3CCCC3CO)nccn12. The van der Waals surface area contributed by atoms with Crippen LogP contribution in [0.1, 0.15) is 25.1 Å². The fraction of sp³-hybridized carbons (Fsp3) is 0.583. The van der Waals surface area contributed by atoms with Gasteiger partial charge in [-0.2, -0.15) is 0 Å². The van der Waals surface area contributed by atoms with Crippen LogP contribution in [0.3, 0.4) is 0 Å². The van der Waals surface area contributed by atoms with E-state index >= 15 is 0 Å². The van der Waals surface area contributed by atoms with Crippen molar-refractivity contribution in [3.8, 4) is 0 Å². The van der Waals surface area contributed by atoms with E-state index in [4.69, 9.17) is 0 Å². The van der Waals surface area contributed by atoms with Crippen molar-refractivity contribution in [2.24, 2.45) is 5.92 Å². The van der Waals surface area contributed by atoms with Crippen molar-refractivity contribution < 1.29 is 5.11 Å². The fourth-order valence-corrected chi connectivity index (χ4v) is 2.66. The normalized spacial score (nSPS) is 23.7. The molecule has 2 N–H and O–H groups in total. The summed E-state index contributed by atoms with van der Waals surface area (Å²) in [6.07, 6.45) is 6.89. The number of aromatic nitrogens is 4. The van der Waals surface area contributed by atoms with E-state index in [0.29, 0.717) is 5.92 Å². The van der Waals surface area contributed by atoms with Crippen molar-refractivity contribution in [3.05, 3.63) is 18.2 Å². The minimum atomic E-state index is 0.229. The van der Waals surface area contributed by atoms with E-state index in [2.05, 4.69) is 20.5 Å². The van der Waals surface area contributed by atoms with Crippen LogP contribution in [0.4, 0.5) is 5.82 Å². The highest BCUT2D eigenvalue weighted by Crippen LogP contribution is 2.28. The first-order chi connectivity index (χ1) is 8.79. The summed E-state index contributed by atoms with van der Waals surface area (Å²) in [7, 11) is 0. The third-order valence-corrected chi connectivity index (χ3v) is 3.71. The molecule has 0 spiro atoms. The summed E-state index contributed by atoms with van der Waals surface area (Å²) in [5.41, 5.74) is 0.749. The van der Waals surface area contributed by atoms with Crippen molar-refractivity contribution in [1.29, 1.82) is 0 Å². The Hall–Kier alpha value is -1.69. The number of rotatable bonds is 3. The Bertz CT molecular complexity index is 552. The molecule has 1 aliphatic rings. The minimum Gasteiger partial charge on any atom is -0.396 e. The van der Waals surface area contributed by atoms with Crippen molar-refractivity contribution in [1.82, 2.24) is 19.6 Å². The first-order valence-electron chi connectivity index (χ1n) is 6.33. The average molecular weight is 247 g/mol. The van der Waals surface area contributed by atoms with E-state index < -0.39 is 0 Å². The summed E-state index contributed by atoms with van der Waals surface area (Å²) in [5, 5.41) is 20.9. The first kappa shape index (κ1) is 11.4. The molecule has 96 valence electrons. The number of anilines is 1. The zero-order valence-electron chi connectivity index (χ0n) is 10.4. The predicted octanol–water partition coefficient (Wildman–Crippen LogP) is 1.01. The van der Waals surface area contributed by atoms with Gasteiger partial charge < -0.3 is 10.4 Å². The molecule has 1 saturated carbocycles. The largest absolute Gasteiger partial charge is 0.396 e. The molecule has 0 bridgehead atoms. The molecule has 2 unspecified atom stereocenters. The van der Waals surface area contributed by atoms with Gasteiger partial charge in [0.2, 0.25) is 5.65 Å². The van der Waals surface area contributed by atoms with Gasteiger partial charge in [-0.1, -0.05) is 6.42 Å². The Kier molecular flexibility index (Phi) is 2.87. The van der Waals surface area contributed by atoms with Crippen LogP contribution in [0.15, 0.2) is 12.4 Å². The van der Waals surface area contributed by atoms with Crippen molar-refractivity contribution in [3.63, 3.8) is 0 Å². The van der Waals surface area contributed by atoms with Gasteiger partial charge in [-0.15, -0.1) is 10.2 Å². The van der Waals surface area contributed by atoms with Crippen LogP contribution >= 0.6 is 0 Å². The maximum atomic E-state index is 9.34. The lowest BCUT2D eigenvalue weighted by Gasteiger charge is -2.19. The summed E-state index contributed by atoms with van der Waals surface area (Å²) in [6, 6.07) is 0.283. The van der Waals surface area contributed by atoms with E-state index in [1.807, 2.05) is 17.5 Å². The molecule has 6 heteroatoms. The molecule has 0 radical (unpaired) electrons. The quantitative estimate of drug-likeness (QED) is 0.846. The van der Waals surface area contributed by atoms with Gasteiger partial charge in [-0.05, 0) is 19.8 Å². The lowest BCUT2D eigenvalue weighted by molar-refractivity contribution is 0.222. The van der Waals surface area contributed by atoms with Gasteiger partial charge in [0.25, 0.3) is 0 Å². The highest BCUT2D eigenvalue weighted by Gasteiger charge is 2.27. The monoisotopic (exact) mass is 247 g/mol. The minimum absolute atomic E-state index is 0.229. The Labute approximate surface area is 105 Å². The highest BCUT2D eigenvalue weighted by molar-refractivity contribution is 5.62. The highest BCUT2D eigenvalue weighted by atomic mass is 16.3. The average Bonchev–Trinajstić information content (AvgIpc) is 2.98. The van der Waals surface area contributed by atoms with Crippen LogP contribution in [-0.2, 0) is 0 Å². The van der Waals surface area contributed by atoms with Gasteiger partial charge in [0.15, 0.2) is 5.82 Å². The van der Waals surface area contributed by atoms with E-state index in [1.54, 1.807) is 6.20 Å². The van der Waals surface area contributed by atoms with Crippen LogP contribution in [0.5, 0.6) is 0 Å². The van der Waals surface area contributed by atoms with Crippen molar-refractivity contribution in [2.75, 3.05) is 11.9 Å². The topological polar surface area (TPSA) is 75.3 Å². The van der Waals surface area contributed by atoms with Gasteiger partial charge in [0, 0.05) is 31.0 Å². The zero-order chi connectivity index (χ0) is 12.5. The molecule has 2 aromatic heterocycles. The lowest BCUT2D eigenvalue weighted by atomic mass is 10.1. The Morgan fingerprint density at radius 1 is 1.44 bits per heavy atom. The second-order valence-corrected chi connectivity index (χ2v) is 4.84.